The van der Waals surface area contributed by atoms with Crippen molar-refractivity contribution in [2.45, 2.75) is 19.4 Å². The summed E-state index contributed by atoms with van der Waals surface area (Å²) in [5.41, 5.74) is 2.60. The van der Waals surface area contributed by atoms with Gasteiger partial charge in [-0.1, -0.05) is 23.4 Å². The molecule has 3 rings (SSSR count). The molecule has 2 aromatic rings. The second-order valence-corrected chi connectivity index (χ2v) is 7.73. The maximum Gasteiger partial charge on any atom is 0.293 e. The summed E-state index contributed by atoms with van der Waals surface area (Å²) in [6.45, 7) is 4.32. The summed E-state index contributed by atoms with van der Waals surface area (Å²) in [5.74, 6) is 0.307. The molecule has 1 aromatic heterocycles. The minimum atomic E-state index is -0.310. The third-order valence-electron chi connectivity index (χ3n) is 5.37. The SMILES string of the molecule is COCc1cccc(-c2cnc(N3CCC(=NOCCN(C)CCOC=O)CC3)nc2)c1F. The average Bonchev–Trinajstić information content (AvgIpc) is 2.84. The van der Waals surface area contributed by atoms with Crippen molar-refractivity contribution in [1.82, 2.24) is 14.9 Å². The molecule has 0 radical (unpaired) electrons. The summed E-state index contributed by atoms with van der Waals surface area (Å²) in [5, 5.41) is 4.25. The minimum absolute atomic E-state index is 0.215. The molecule has 1 aliphatic rings. The van der Waals surface area contributed by atoms with Gasteiger partial charge in [-0.05, 0) is 7.05 Å². The van der Waals surface area contributed by atoms with E-state index in [2.05, 4.69) is 24.8 Å². The number of hydrogen-bond donors (Lipinski definition) is 0. The van der Waals surface area contributed by atoms with E-state index in [1.165, 1.54) is 0 Å². The molecular weight excluding hydrogens is 429 g/mol. The fourth-order valence-corrected chi connectivity index (χ4v) is 3.45. The topological polar surface area (TPSA) is 89.4 Å². The van der Waals surface area contributed by atoms with Gasteiger partial charge in [0.2, 0.25) is 5.95 Å². The molecule has 0 saturated carbocycles. The number of nitrogens with zero attached hydrogens (tertiary/aromatic N) is 5. The Kier molecular flexibility index (Phi) is 9.52. The summed E-state index contributed by atoms with van der Waals surface area (Å²) in [6, 6.07) is 5.22. The number of methoxy groups -OCH3 is 1. The van der Waals surface area contributed by atoms with Crippen molar-refractivity contribution >= 4 is 18.1 Å². The van der Waals surface area contributed by atoms with Crippen LogP contribution in [0.15, 0.2) is 35.7 Å². The molecule has 0 unspecified atom stereocenters. The van der Waals surface area contributed by atoms with E-state index in [1.54, 1.807) is 37.7 Å². The molecular formula is C23H30FN5O4. The van der Waals surface area contributed by atoms with Gasteiger partial charge in [-0.15, -0.1) is 0 Å². The summed E-state index contributed by atoms with van der Waals surface area (Å²) in [4.78, 5) is 28.6. The van der Waals surface area contributed by atoms with Crippen molar-refractivity contribution in [2.24, 2.45) is 5.16 Å². The minimum Gasteiger partial charge on any atom is -0.467 e. The van der Waals surface area contributed by atoms with E-state index < -0.39 is 0 Å². The number of oxime groups is 1. The molecule has 1 saturated heterocycles. The normalized spacial score (nSPS) is 13.8. The zero-order valence-electron chi connectivity index (χ0n) is 19.1. The van der Waals surface area contributed by atoms with Crippen LogP contribution in [0, 0.1) is 5.82 Å². The van der Waals surface area contributed by atoms with Crippen LogP contribution in [0.2, 0.25) is 0 Å². The Morgan fingerprint density at radius 1 is 1.18 bits per heavy atom. The van der Waals surface area contributed by atoms with Crippen molar-refractivity contribution < 1.29 is 23.5 Å². The molecule has 1 aromatic carbocycles. The number of piperidine rings is 1. The fourth-order valence-electron chi connectivity index (χ4n) is 3.45. The number of hydrogen-bond acceptors (Lipinski definition) is 9. The Labute approximate surface area is 193 Å². The maximum absolute atomic E-state index is 14.7. The van der Waals surface area contributed by atoms with Gasteiger partial charge in [-0.3, -0.25) is 9.69 Å². The van der Waals surface area contributed by atoms with E-state index in [1.807, 2.05) is 11.9 Å². The quantitative estimate of drug-likeness (QED) is 0.272. The summed E-state index contributed by atoms with van der Waals surface area (Å²) in [7, 11) is 3.47. The zero-order chi connectivity index (χ0) is 23.5. The van der Waals surface area contributed by atoms with E-state index in [4.69, 9.17) is 9.57 Å². The van der Waals surface area contributed by atoms with Crippen LogP contribution in [-0.4, -0.2) is 80.6 Å². The lowest BCUT2D eigenvalue weighted by Gasteiger charge is -2.27. The number of anilines is 1. The molecule has 9 nitrogen and oxygen atoms in total. The Morgan fingerprint density at radius 2 is 1.91 bits per heavy atom. The predicted octanol–water partition coefficient (Wildman–Crippen LogP) is 2.51. The third-order valence-corrected chi connectivity index (χ3v) is 5.37. The monoisotopic (exact) mass is 459 g/mol. The van der Waals surface area contributed by atoms with Gasteiger partial charge < -0.3 is 19.2 Å². The van der Waals surface area contributed by atoms with Gasteiger partial charge in [0.05, 0.1) is 12.3 Å². The van der Waals surface area contributed by atoms with E-state index in [0.29, 0.717) is 55.4 Å². The van der Waals surface area contributed by atoms with Crippen LogP contribution in [0.25, 0.3) is 11.1 Å². The maximum atomic E-state index is 14.7. The fraction of sp³-hybridized carbons (Fsp3) is 0.478. The molecule has 33 heavy (non-hydrogen) atoms. The van der Waals surface area contributed by atoms with Gasteiger partial charge in [0, 0.05) is 75.2 Å². The predicted molar refractivity (Wildman–Crippen MR) is 122 cm³/mol. The summed E-state index contributed by atoms with van der Waals surface area (Å²) >= 11 is 0. The first-order valence-electron chi connectivity index (χ1n) is 10.9. The molecule has 10 heteroatoms. The highest BCUT2D eigenvalue weighted by Crippen LogP contribution is 2.25. The van der Waals surface area contributed by atoms with Gasteiger partial charge in [-0.2, -0.15) is 0 Å². The van der Waals surface area contributed by atoms with Crippen LogP contribution in [0.1, 0.15) is 18.4 Å². The Hall–Kier alpha value is -3.11. The molecule has 0 amide bonds. The average molecular weight is 460 g/mol. The molecule has 178 valence electrons. The van der Waals surface area contributed by atoms with Gasteiger partial charge in [0.15, 0.2) is 0 Å². The smallest absolute Gasteiger partial charge is 0.293 e. The molecule has 0 aliphatic carbocycles. The number of ether oxygens (including phenoxy) is 2. The Balaban J connectivity index is 1.47. The van der Waals surface area contributed by atoms with Gasteiger partial charge in [-0.25, -0.2) is 14.4 Å². The van der Waals surface area contributed by atoms with E-state index in [9.17, 15) is 9.18 Å². The number of carbonyl (C=O) groups is 1. The highest BCUT2D eigenvalue weighted by Gasteiger charge is 2.18. The van der Waals surface area contributed by atoms with Crippen molar-refractivity contribution in [2.75, 3.05) is 58.5 Å². The highest BCUT2D eigenvalue weighted by molar-refractivity contribution is 5.86. The number of halogens is 1. The molecule has 1 aliphatic heterocycles. The second-order valence-electron chi connectivity index (χ2n) is 7.73. The van der Waals surface area contributed by atoms with Gasteiger partial charge in [0.25, 0.3) is 6.47 Å². The number of carbonyl (C=O) groups excluding carboxylic acids is 1. The molecule has 0 atom stereocenters. The molecule has 1 fully saturated rings. The van der Waals surface area contributed by atoms with E-state index >= 15 is 0 Å². The lowest BCUT2D eigenvalue weighted by molar-refractivity contribution is -0.129. The van der Waals surface area contributed by atoms with Gasteiger partial charge >= 0.3 is 0 Å². The van der Waals surface area contributed by atoms with Crippen molar-refractivity contribution in [1.29, 1.82) is 0 Å². The standard InChI is InChI=1S/C23H30FN5O4/c1-28(10-12-32-17-30)11-13-33-27-20-6-8-29(9-7-20)23-25-14-19(15-26-23)21-5-3-4-18(16-31-2)22(21)24/h3-5,14-15,17H,6-13,16H2,1-2H3. The number of aromatic nitrogens is 2. The van der Waals surface area contributed by atoms with Crippen molar-refractivity contribution in [3.05, 3.63) is 42.0 Å². The van der Waals surface area contributed by atoms with Crippen LogP contribution < -0.4 is 4.90 Å². The third kappa shape index (κ3) is 7.19. The largest absolute Gasteiger partial charge is 0.467 e. The Morgan fingerprint density at radius 3 is 2.61 bits per heavy atom. The lowest BCUT2D eigenvalue weighted by atomic mass is 10.1. The van der Waals surface area contributed by atoms with Crippen molar-refractivity contribution in [3.8, 4) is 11.1 Å². The lowest BCUT2D eigenvalue weighted by Crippen LogP contribution is -2.35. The molecule has 0 N–H and O–H groups in total. The zero-order valence-corrected chi connectivity index (χ0v) is 19.1. The first-order valence-corrected chi connectivity index (χ1v) is 10.9. The Bertz CT molecular complexity index is 916. The van der Waals surface area contributed by atoms with Crippen LogP contribution in [-0.2, 0) is 25.7 Å². The van der Waals surface area contributed by atoms with E-state index in [-0.39, 0.29) is 12.4 Å². The second kappa shape index (κ2) is 12.8. The summed E-state index contributed by atoms with van der Waals surface area (Å²) in [6.07, 6.45) is 4.84. The first-order chi connectivity index (χ1) is 16.1. The number of benzene rings is 1. The molecule has 0 bridgehead atoms. The van der Waals surface area contributed by atoms with Gasteiger partial charge in [0.1, 0.15) is 19.0 Å². The first kappa shape index (κ1) is 24.5. The van der Waals surface area contributed by atoms with Crippen LogP contribution in [0.4, 0.5) is 10.3 Å². The molecule has 0 spiro atoms. The van der Waals surface area contributed by atoms with Crippen molar-refractivity contribution in [3.63, 3.8) is 0 Å². The number of rotatable bonds is 12. The van der Waals surface area contributed by atoms with Crippen LogP contribution in [0.3, 0.4) is 0 Å². The molecule has 2 heterocycles. The highest BCUT2D eigenvalue weighted by atomic mass is 19.1. The van der Waals surface area contributed by atoms with E-state index in [0.717, 1.165) is 31.6 Å². The number of likely N-dealkylation sites (N-methyl/N-ethyl adjacent to an activating group) is 1. The van der Waals surface area contributed by atoms with Crippen LogP contribution >= 0.6 is 0 Å². The summed E-state index contributed by atoms with van der Waals surface area (Å²) < 4.78 is 24.4. The van der Waals surface area contributed by atoms with Crippen LogP contribution in [0.5, 0.6) is 0 Å².